The number of rotatable bonds is 3. The Balaban J connectivity index is 2.05. The highest BCUT2D eigenvalue weighted by Gasteiger charge is 2.26. The smallest absolute Gasteiger partial charge is 0.0595 e. The lowest BCUT2D eigenvalue weighted by molar-refractivity contribution is 0.139. The van der Waals surface area contributed by atoms with Gasteiger partial charge in [0.25, 0.3) is 0 Å². The first-order valence-corrected chi connectivity index (χ1v) is 7.48. The van der Waals surface area contributed by atoms with Gasteiger partial charge in [-0.1, -0.05) is 42.6 Å². The summed E-state index contributed by atoms with van der Waals surface area (Å²) in [5.41, 5.74) is 1.32. The number of likely N-dealkylation sites (tertiary alicyclic amines) is 1. The summed E-state index contributed by atoms with van der Waals surface area (Å²) in [5.74, 6) is 1.58. The molecule has 18 heavy (non-hydrogen) atoms. The molecule has 1 heterocycles. The van der Waals surface area contributed by atoms with E-state index in [1.165, 1.54) is 31.5 Å². The first-order chi connectivity index (χ1) is 8.60. The second-order valence-corrected chi connectivity index (χ2v) is 6.25. The van der Waals surface area contributed by atoms with Gasteiger partial charge in [-0.3, -0.25) is 0 Å². The summed E-state index contributed by atoms with van der Waals surface area (Å²) in [7, 11) is 2.22. The number of nitrogens with zero attached hydrogens (tertiary/aromatic N) is 1. The van der Waals surface area contributed by atoms with Crippen LogP contribution in [-0.2, 0) is 6.42 Å². The normalized spacial score (nSPS) is 25.3. The molecule has 0 bridgehead atoms. The van der Waals surface area contributed by atoms with E-state index in [9.17, 15) is 0 Å². The molecule has 1 nitrogen and oxygen atoms in total. The van der Waals surface area contributed by atoms with E-state index in [0.717, 1.165) is 18.3 Å². The molecule has 0 spiro atoms. The maximum Gasteiger partial charge on any atom is 0.0595 e. The fourth-order valence-electron chi connectivity index (χ4n) is 2.96. The monoisotopic (exact) mass is 285 g/mol. The van der Waals surface area contributed by atoms with Gasteiger partial charge in [0.1, 0.15) is 0 Å². The van der Waals surface area contributed by atoms with Crippen LogP contribution in [0, 0.1) is 11.8 Å². The van der Waals surface area contributed by atoms with Crippen LogP contribution in [-0.4, -0.2) is 25.0 Å². The SMILES string of the molecule is CC[C@@H]1CN(C)CC[C@@H]1Cc1ccc(Cl)c(Cl)c1. The van der Waals surface area contributed by atoms with Crippen molar-refractivity contribution in [3.8, 4) is 0 Å². The molecule has 1 aliphatic rings. The van der Waals surface area contributed by atoms with Crippen LogP contribution in [0.4, 0.5) is 0 Å². The molecule has 1 fully saturated rings. The fraction of sp³-hybridized carbons (Fsp3) is 0.600. The second kappa shape index (κ2) is 6.27. The van der Waals surface area contributed by atoms with E-state index in [0.29, 0.717) is 10.0 Å². The Morgan fingerprint density at radius 2 is 2.00 bits per heavy atom. The summed E-state index contributed by atoms with van der Waals surface area (Å²) in [6, 6.07) is 6.04. The maximum atomic E-state index is 6.08. The van der Waals surface area contributed by atoms with E-state index in [2.05, 4.69) is 24.9 Å². The van der Waals surface area contributed by atoms with E-state index in [-0.39, 0.29) is 0 Å². The highest BCUT2D eigenvalue weighted by atomic mass is 35.5. The van der Waals surface area contributed by atoms with Crippen LogP contribution >= 0.6 is 23.2 Å². The minimum absolute atomic E-state index is 0.649. The zero-order chi connectivity index (χ0) is 13.1. The van der Waals surface area contributed by atoms with Gasteiger partial charge in [-0.25, -0.2) is 0 Å². The zero-order valence-corrected chi connectivity index (χ0v) is 12.6. The molecule has 1 saturated heterocycles. The lowest BCUT2D eigenvalue weighted by atomic mass is 9.80. The Bertz CT molecular complexity index is 405. The molecule has 0 radical (unpaired) electrons. The van der Waals surface area contributed by atoms with Crippen molar-refractivity contribution in [2.75, 3.05) is 20.1 Å². The van der Waals surface area contributed by atoms with E-state index < -0.39 is 0 Å². The molecule has 100 valence electrons. The van der Waals surface area contributed by atoms with Crippen LogP contribution in [0.3, 0.4) is 0 Å². The molecule has 1 aliphatic heterocycles. The molecule has 1 aromatic rings. The van der Waals surface area contributed by atoms with Gasteiger partial charge in [0.2, 0.25) is 0 Å². The molecular weight excluding hydrogens is 265 g/mol. The van der Waals surface area contributed by atoms with Crippen molar-refractivity contribution in [3.05, 3.63) is 33.8 Å². The summed E-state index contributed by atoms with van der Waals surface area (Å²) in [6.45, 7) is 4.73. The number of piperidine rings is 1. The highest BCUT2D eigenvalue weighted by molar-refractivity contribution is 6.42. The molecule has 0 saturated carbocycles. The average Bonchev–Trinajstić information content (AvgIpc) is 2.36. The lowest BCUT2D eigenvalue weighted by Gasteiger charge is -2.36. The lowest BCUT2D eigenvalue weighted by Crippen LogP contribution is -2.38. The van der Waals surface area contributed by atoms with Crippen molar-refractivity contribution in [1.29, 1.82) is 0 Å². The molecule has 0 N–H and O–H groups in total. The summed E-state index contributed by atoms with van der Waals surface area (Å²) >= 11 is 12.0. The van der Waals surface area contributed by atoms with E-state index >= 15 is 0 Å². The van der Waals surface area contributed by atoms with Gasteiger partial charge in [0, 0.05) is 6.54 Å². The van der Waals surface area contributed by atoms with Crippen molar-refractivity contribution >= 4 is 23.2 Å². The van der Waals surface area contributed by atoms with Crippen LogP contribution in [0.5, 0.6) is 0 Å². The molecule has 0 aromatic heterocycles. The maximum absolute atomic E-state index is 6.08. The van der Waals surface area contributed by atoms with Crippen LogP contribution < -0.4 is 0 Å². The van der Waals surface area contributed by atoms with Gasteiger partial charge >= 0.3 is 0 Å². The fourth-order valence-corrected chi connectivity index (χ4v) is 3.28. The van der Waals surface area contributed by atoms with Crippen LogP contribution in [0.15, 0.2) is 18.2 Å². The first-order valence-electron chi connectivity index (χ1n) is 6.72. The standard InChI is InChI=1S/C15H21Cl2N/c1-3-12-10-18(2)7-6-13(12)8-11-4-5-14(16)15(17)9-11/h4-5,9,12-13H,3,6-8,10H2,1-2H3/t12-,13-/m1/s1. The Labute approximate surface area is 120 Å². The van der Waals surface area contributed by atoms with Gasteiger partial charge in [0.05, 0.1) is 10.0 Å². The average molecular weight is 286 g/mol. The first kappa shape index (κ1) is 14.2. The van der Waals surface area contributed by atoms with E-state index in [1.54, 1.807) is 0 Å². The largest absolute Gasteiger partial charge is 0.306 e. The third-order valence-electron chi connectivity index (χ3n) is 4.10. The van der Waals surface area contributed by atoms with E-state index in [1.807, 2.05) is 12.1 Å². The summed E-state index contributed by atoms with van der Waals surface area (Å²) in [6.07, 6.45) is 3.68. The molecule has 0 unspecified atom stereocenters. The summed E-state index contributed by atoms with van der Waals surface area (Å²) in [4.78, 5) is 2.44. The molecular formula is C15H21Cl2N. The minimum atomic E-state index is 0.649. The third kappa shape index (κ3) is 3.40. The highest BCUT2D eigenvalue weighted by Crippen LogP contribution is 2.30. The molecule has 2 atom stereocenters. The zero-order valence-electron chi connectivity index (χ0n) is 11.1. The number of hydrogen-bond acceptors (Lipinski definition) is 1. The van der Waals surface area contributed by atoms with Gasteiger partial charge in [-0.2, -0.15) is 0 Å². The molecule has 1 aromatic carbocycles. The molecule has 0 aliphatic carbocycles. The predicted octanol–water partition coefficient (Wildman–Crippen LogP) is 4.51. The van der Waals surface area contributed by atoms with Crippen molar-refractivity contribution < 1.29 is 0 Å². The quantitative estimate of drug-likeness (QED) is 0.790. The van der Waals surface area contributed by atoms with Gasteiger partial charge in [-0.15, -0.1) is 0 Å². The Morgan fingerprint density at radius 3 is 2.67 bits per heavy atom. The van der Waals surface area contributed by atoms with Crippen LogP contribution in [0.1, 0.15) is 25.3 Å². The van der Waals surface area contributed by atoms with Crippen molar-refractivity contribution in [3.63, 3.8) is 0 Å². The van der Waals surface area contributed by atoms with Gasteiger partial charge in [0.15, 0.2) is 0 Å². The summed E-state index contributed by atoms with van der Waals surface area (Å²) in [5, 5.41) is 1.32. The van der Waals surface area contributed by atoms with Crippen LogP contribution in [0.25, 0.3) is 0 Å². The summed E-state index contributed by atoms with van der Waals surface area (Å²) < 4.78 is 0. The van der Waals surface area contributed by atoms with Gasteiger partial charge in [-0.05, 0) is 56.0 Å². The van der Waals surface area contributed by atoms with Gasteiger partial charge < -0.3 is 4.90 Å². The third-order valence-corrected chi connectivity index (χ3v) is 4.84. The van der Waals surface area contributed by atoms with Crippen molar-refractivity contribution in [2.45, 2.75) is 26.2 Å². The predicted molar refractivity (Wildman–Crippen MR) is 79.6 cm³/mol. The van der Waals surface area contributed by atoms with Crippen LogP contribution in [0.2, 0.25) is 10.0 Å². The molecule has 0 amide bonds. The minimum Gasteiger partial charge on any atom is -0.306 e. The number of halogens is 2. The topological polar surface area (TPSA) is 3.24 Å². The number of benzene rings is 1. The number of hydrogen-bond donors (Lipinski definition) is 0. The Hall–Kier alpha value is -0.240. The Morgan fingerprint density at radius 1 is 1.22 bits per heavy atom. The van der Waals surface area contributed by atoms with Crippen molar-refractivity contribution in [1.82, 2.24) is 4.90 Å². The van der Waals surface area contributed by atoms with E-state index in [4.69, 9.17) is 23.2 Å². The second-order valence-electron chi connectivity index (χ2n) is 5.43. The Kier molecular flexibility index (Phi) is 4.94. The van der Waals surface area contributed by atoms with Crippen molar-refractivity contribution in [2.24, 2.45) is 11.8 Å². The molecule has 3 heteroatoms. The molecule has 2 rings (SSSR count).